The second kappa shape index (κ2) is 3.54. The van der Waals surface area contributed by atoms with Crippen LogP contribution in [0.4, 0.5) is 0 Å². The van der Waals surface area contributed by atoms with Crippen LogP contribution < -0.4 is 0 Å². The van der Waals surface area contributed by atoms with E-state index >= 15 is 0 Å². The van der Waals surface area contributed by atoms with Crippen molar-refractivity contribution in [2.75, 3.05) is 11.5 Å². The van der Waals surface area contributed by atoms with Gasteiger partial charge in [0, 0.05) is 11.5 Å². The van der Waals surface area contributed by atoms with Gasteiger partial charge in [0.1, 0.15) is 0 Å². The summed E-state index contributed by atoms with van der Waals surface area (Å²) in [6, 6.07) is 0. The highest BCUT2D eigenvalue weighted by molar-refractivity contribution is 8.17. The smallest absolute Gasteiger partial charge is 0.0644 e. The maximum absolute atomic E-state index is 11.4. The fraction of sp³-hybridized carbons (Fsp3) is 0.778. The largest absolute Gasteiger partial charge is 0.254 e. The standard InChI is InChI=1S/C9H16OS2/c1-7-11-5-8(6-12(7)10)9(2,3)4/h8H,1,5-6H2,2-4H3/t8-,12?/m0/s1. The molecule has 0 bridgehead atoms. The Morgan fingerprint density at radius 1 is 1.58 bits per heavy atom. The molecule has 12 heavy (non-hydrogen) atoms. The molecule has 2 atom stereocenters. The van der Waals surface area contributed by atoms with Gasteiger partial charge in [-0.25, -0.2) is 0 Å². The number of thioether (sulfide) groups is 1. The molecule has 0 aromatic heterocycles. The van der Waals surface area contributed by atoms with Crippen LogP contribution in [0.2, 0.25) is 0 Å². The van der Waals surface area contributed by atoms with Gasteiger partial charge in [-0.2, -0.15) is 0 Å². The summed E-state index contributed by atoms with van der Waals surface area (Å²) in [4.78, 5) is 0. The number of hydrogen-bond donors (Lipinski definition) is 0. The van der Waals surface area contributed by atoms with E-state index in [-0.39, 0.29) is 5.41 Å². The maximum atomic E-state index is 11.4. The summed E-state index contributed by atoms with van der Waals surface area (Å²) in [5.41, 5.74) is 0.281. The fourth-order valence-electron chi connectivity index (χ4n) is 1.08. The molecule has 1 saturated heterocycles. The summed E-state index contributed by atoms with van der Waals surface area (Å²) >= 11 is 1.67. The van der Waals surface area contributed by atoms with Crippen LogP contribution in [0.25, 0.3) is 0 Å². The number of rotatable bonds is 0. The van der Waals surface area contributed by atoms with Gasteiger partial charge >= 0.3 is 0 Å². The average molecular weight is 204 g/mol. The third-order valence-corrected chi connectivity index (χ3v) is 5.29. The summed E-state index contributed by atoms with van der Waals surface area (Å²) in [6.07, 6.45) is 0. The van der Waals surface area contributed by atoms with Gasteiger partial charge < -0.3 is 0 Å². The van der Waals surface area contributed by atoms with E-state index in [1.807, 2.05) is 0 Å². The Balaban J connectivity index is 2.63. The first-order valence-electron chi connectivity index (χ1n) is 4.11. The van der Waals surface area contributed by atoms with E-state index in [1.165, 1.54) is 0 Å². The van der Waals surface area contributed by atoms with E-state index in [0.717, 1.165) is 15.7 Å². The van der Waals surface area contributed by atoms with Crippen LogP contribution in [0.1, 0.15) is 20.8 Å². The molecule has 1 heterocycles. The zero-order valence-electron chi connectivity index (χ0n) is 7.92. The molecule has 70 valence electrons. The Labute approximate surface area is 81.5 Å². The van der Waals surface area contributed by atoms with E-state index in [0.29, 0.717) is 5.92 Å². The molecule has 0 N–H and O–H groups in total. The van der Waals surface area contributed by atoms with E-state index in [2.05, 4.69) is 27.4 Å². The molecule has 0 saturated carbocycles. The van der Waals surface area contributed by atoms with Gasteiger partial charge in [0.2, 0.25) is 0 Å². The van der Waals surface area contributed by atoms with Crippen molar-refractivity contribution < 1.29 is 4.21 Å². The molecular weight excluding hydrogens is 188 g/mol. The van der Waals surface area contributed by atoms with E-state index in [4.69, 9.17) is 0 Å². The normalized spacial score (nSPS) is 32.1. The molecule has 1 nitrogen and oxygen atoms in total. The molecule has 0 radical (unpaired) electrons. The molecule has 1 aliphatic heterocycles. The molecule has 0 aromatic rings. The summed E-state index contributed by atoms with van der Waals surface area (Å²) in [5.74, 6) is 2.44. The van der Waals surface area contributed by atoms with E-state index < -0.39 is 10.8 Å². The monoisotopic (exact) mass is 204 g/mol. The zero-order chi connectivity index (χ0) is 9.35. The molecule has 0 spiro atoms. The first-order valence-corrected chi connectivity index (χ1v) is 6.42. The minimum Gasteiger partial charge on any atom is -0.254 e. The molecule has 1 aliphatic rings. The average Bonchev–Trinajstić information content (AvgIpc) is 1.92. The molecule has 1 fully saturated rings. The molecule has 1 unspecified atom stereocenters. The Bertz CT molecular complexity index is 215. The quantitative estimate of drug-likeness (QED) is 0.603. The van der Waals surface area contributed by atoms with Gasteiger partial charge in [-0.3, -0.25) is 4.21 Å². The van der Waals surface area contributed by atoms with Crippen LogP contribution in [-0.4, -0.2) is 15.7 Å². The lowest BCUT2D eigenvalue weighted by molar-refractivity contribution is 0.292. The highest BCUT2D eigenvalue weighted by Gasteiger charge is 2.30. The van der Waals surface area contributed by atoms with Crippen LogP contribution >= 0.6 is 11.8 Å². The Kier molecular flexibility index (Phi) is 3.05. The molecule has 0 aromatic carbocycles. The lowest BCUT2D eigenvalue weighted by Crippen LogP contribution is -2.31. The van der Waals surface area contributed by atoms with Gasteiger partial charge in [-0.1, -0.05) is 27.4 Å². The summed E-state index contributed by atoms with van der Waals surface area (Å²) < 4.78 is 12.3. The third kappa shape index (κ3) is 2.36. The molecule has 3 heteroatoms. The van der Waals surface area contributed by atoms with Crippen molar-refractivity contribution in [3.05, 3.63) is 10.8 Å². The van der Waals surface area contributed by atoms with Crippen LogP contribution in [0.5, 0.6) is 0 Å². The highest BCUT2D eigenvalue weighted by atomic mass is 32.2. The second-order valence-corrected chi connectivity index (χ2v) is 7.15. The van der Waals surface area contributed by atoms with Crippen molar-refractivity contribution in [2.24, 2.45) is 11.3 Å². The Hall–Kier alpha value is 0.240. The van der Waals surface area contributed by atoms with Gasteiger partial charge in [0.15, 0.2) is 0 Å². The van der Waals surface area contributed by atoms with Crippen LogP contribution in [0.3, 0.4) is 0 Å². The van der Waals surface area contributed by atoms with Crippen molar-refractivity contribution in [3.63, 3.8) is 0 Å². The van der Waals surface area contributed by atoms with Crippen molar-refractivity contribution in [2.45, 2.75) is 20.8 Å². The number of hydrogen-bond acceptors (Lipinski definition) is 2. The Morgan fingerprint density at radius 3 is 2.58 bits per heavy atom. The van der Waals surface area contributed by atoms with Gasteiger partial charge in [-0.05, 0) is 11.3 Å². The van der Waals surface area contributed by atoms with Gasteiger partial charge in [0.05, 0.1) is 15.0 Å². The van der Waals surface area contributed by atoms with E-state index in [1.54, 1.807) is 11.8 Å². The summed E-state index contributed by atoms with van der Waals surface area (Å²) in [5, 5.41) is 0. The van der Waals surface area contributed by atoms with E-state index in [9.17, 15) is 4.21 Å². The maximum Gasteiger partial charge on any atom is 0.0644 e. The van der Waals surface area contributed by atoms with Crippen LogP contribution in [-0.2, 0) is 10.8 Å². The van der Waals surface area contributed by atoms with Crippen molar-refractivity contribution >= 4 is 22.6 Å². The zero-order valence-corrected chi connectivity index (χ0v) is 9.56. The van der Waals surface area contributed by atoms with Crippen molar-refractivity contribution in [1.82, 2.24) is 0 Å². The van der Waals surface area contributed by atoms with Crippen molar-refractivity contribution in [1.29, 1.82) is 0 Å². The van der Waals surface area contributed by atoms with Crippen molar-refractivity contribution in [3.8, 4) is 0 Å². The van der Waals surface area contributed by atoms with Gasteiger partial charge in [-0.15, -0.1) is 11.8 Å². The predicted octanol–water partition coefficient (Wildman–Crippen LogP) is 2.62. The Morgan fingerprint density at radius 2 is 2.17 bits per heavy atom. The predicted molar refractivity (Wildman–Crippen MR) is 57.6 cm³/mol. The SMILES string of the molecule is C=C1SC[C@H](C(C)(C)C)CS1=O. The fourth-order valence-corrected chi connectivity index (χ4v) is 4.34. The summed E-state index contributed by atoms with van der Waals surface area (Å²) in [7, 11) is -0.793. The lowest BCUT2D eigenvalue weighted by atomic mass is 9.83. The van der Waals surface area contributed by atoms with Crippen LogP contribution in [0.15, 0.2) is 10.8 Å². The van der Waals surface area contributed by atoms with Crippen LogP contribution in [0, 0.1) is 11.3 Å². The lowest BCUT2D eigenvalue weighted by Gasteiger charge is -2.33. The minimum atomic E-state index is -0.793. The van der Waals surface area contributed by atoms with Gasteiger partial charge in [0.25, 0.3) is 0 Å². The second-order valence-electron chi connectivity index (χ2n) is 4.26. The summed E-state index contributed by atoms with van der Waals surface area (Å²) in [6.45, 7) is 10.4. The first kappa shape index (κ1) is 10.3. The molecular formula is C9H16OS2. The molecule has 0 amide bonds. The first-order chi connectivity index (χ1) is 5.41. The minimum absolute atomic E-state index is 0.281. The molecule has 1 rings (SSSR count). The highest BCUT2D eigenvalue weighted by Crippen LogP contribution is 2.37. The third-order valence-electron chi connectivity index (χ3n) is 2.28. The topological polar surface area (TPSA) is 17.1 Å². The molecule has 0 aliphatic carbocycles.